The van der Waals surface area contributed by atoms with Gasteiger partial charge in [-0.3, -0.25) is 14.4 Å². The summed E-state index contributed by atoms with van der Waals surface area (Å²) < 4.78 is 32.4. The third kappa shape index (κ3) is 5.27. The van der Waals surface area contributed by atoms with Crippen LogP contribution in [0.3, 0.4) is 0 Å². The molecule has 186 valence electrons. The van der Waals surface area contributed by atoms with Crippen LogP contribution in [-0.2, 0) is 4.79 Å². The molecule has 1 atom stereocenters. The molecule has 3 amide bonds. The predicted molar refractivity (Wildman–Crippen MR) is 124 cm³/mol. The van der Waals surface area contributed by atoms with Crippen molar-refractivity contribution in [2.24, 2.45) is 5.73 Å². The van der Waals surface area contributed by atoms with Crippen molar-refractivity contribution in [3.05, 3.63) is 65.2 Å². The van der Waals surface area contributed by atoms with E-state index >= 15 is 0 Å². The second-order valence-electron chi connectivity index (χ2n) is 8.85. The Balaban J connectivity index is 1.62. The lowest BCUT2D eigenvalue weighted by atomic mass is 9.92. The summed E-state index contributed by atoms with van der Waals surface area (Å²) in [5.74, 6) is -3.40. The van der Waals surface area contributed by atoms with Crippen LogP contribution >= 0.6 is 0 Å². The van der Waals surface area contributed by atoms with Crippen LogP contribution in [0.25, 0.3) is 0 Å². The molecule has 2 fully saturated rings. The molecule has 1 saturated carbocycles. The minimum Gasteiger partial charge on any atom is -0.497 e. The Bertz CT molecular complexity index is 1120. The largest absolute Gasteiger partial charge is 0.497 e. The Hall–Kier alpha value is -3.53. The Morgan fingerprint density at radius 3 is 2.14 bits per heavy atom. The number of halogens is 2. The summed E-state index contributed by atoms with van der Waals surface area (Å²) in [5.41, 5.74) is 6.15. The maximum absolute atomic E-state index is 13.8. The summed E-state index contributed by atoms with van der Waals surface area (Å²) in [5, 5.41) is 2.96. The maximum atomic E-state index is 13.8. The van der Waals surface area contributed by atoms with Crippen LogP contribution in [0.15, 0.2) is 42.5 Å². The highest BCUT2D eigenvalue weighted by Gasteiger charge is 2.44. The normalized spacial score (nSPS) is 22.1. The van der Waals surface area contributed by atoms with Crippen LogP contribution in [0.4, 0.5) is 8.78 Å². The molecule has 4 rings (SSSR count). The fourth-order valence-corrected chi connectivity index (χ4v) is 4.59. The van der Waals surface area contributed by atoms with E-state index in [-0.39, 0.29) is 30.7 Å². The number of nitrogens with zero attached hydrogens (tertiary/aromatic N) is 2. The van der Waals surface area contributed by atoms with Gasteiger partial charge >= 0.3 is 0 Å². The molecule has 2 aliphatic rings. The molecule has 8 nitrogen and oxygen atoms in total. The zero-order valence-electron chi connectivity index (χ0n) is 19.4. The number of hydrogen-bond acceptors (Lipinski definition) is 5. The van der Waals surface area contributed by atoms with Gasteiger partial charge in [0, 0.05) is 36.3 Å². The summed E-state index contributed by atoms with van der Waals surface area (Å²) in [6.45, 7) is 0.153. The van der Waals surface area contributed by atoms with Crippen molar-refractivity contribution in [1.29, 1.82) is 0 Å². The average molecular weight is 487 g/mol. The molecule has 1 aliphatic carbocycles. The van der Waals surface area contributed by atoms with Crippen molar-refractivity contribution in [3.8, 4) is 5.75 Å². The van der Waals surface area contributed by atoms with E-state index in [1.807, 2.05) is 0 Å². The third-order valence-electron chi connectivity index (χ3n) is 6.53. The van der Waals surface area contributed by atoms with Crippen LogP contribution in [0.1, 0.15) is 46.4 Å². The van der Waals surface area contributed by atoms with Crippen LogP contribution in [0.2, 0.25) is 0 Å². The molecular formula is C25H28F2N4O4. The zero-order valence-corrected chi connectivity index (χ0v) is 19.4. The van der Waals surface area contributed by atoms with E-state index in [9.17, 15) is 23.2 Å². The molecule has 0 bridgehead atoms. The van der Waals surface area contributed by atoms with Gasteiger partial charge in [-0.1, -0.05) is 6.07 Å². The predicted octanol–water partition coefficient (Wildman–Crippen LogP) is 2.28. The molecule has 1 unspecified atom stereocenters. The second kappa shape index (κ2) is 10.4. The minimum absolute atomic E-state index is 0.0567. The fraction of sp³-hybridized carbons (Fsp3) is 0.400. The van der Waals surface area contributed by atoms with Crippen molar-refractivity contribution >= 4 is 17.7 Å². The number of carbonyl (C=O) groups excluding carboxylic acids is 3. The number of rotatable bonds is 5. The summed E-state index contributed by atoms with van der Waals surface area (Å²) in [4.78, 5) is 42.6. The van der Waals surface area contributed by atoms with Crippen molar-refractivity contribution in [1.82, 2.24) is 15.1 Å². The molecule has 3 N–H and O–H groups in total. The number of ether oxygens (including phenoxy) is 1. The monoisotopic (exact) mass is 486 g/mol. The van der Waals surface area contributed by atoms with E-state index in [1.165, 1.54) is 16.9 Å². The molecule has 1 saturated heterocycles. The average Bonchev–Trinajstić information content (AvgIpc) is 3.31. The molecule has 35 heavy (non-hydrogen) atoms. The van der Waals surface area contributed by atoms with Crippen molar-refractivity contribution < 1.29 is 27.9 Å². The lowest BCUT2D eigenvalue weighted by molar-refractivity contribution is -0.129. The lowest BCUT2D eigenvalue weighted by Crippen LogP contribution is -2.56. The van der Waals surface area contributed by atoms with Gasteiger partial charge in [0.2, 0.25) is 0 Å². The van der Waals surface area contributed by atoms with Gasteiger partial charge in [-0.05, 0) is 62.1 Å². The van der Waals surface area contributed by atoms with Gasteiger partial charge in [-0.25, -0.2) is 8.78 Å². The van der Waals surface area contributed by atoms with E-state index in [2.05, 4.69) is 5.32 Å². The van der Waals surface area contributed by atoms with Gasteiger partial charge < -0.3 is 25.6 Å². The minimum atomic E-state index is -1.25. The van der Waals surface area contributed by atoms with Gasteiger partial charge in [0.15, 0.2) is 17.8 Å². The van der Waals surface area contributed by atoms with Crippen molar-refractivity contribution in [3.63, 3.8) is 0 Å². The number of nitrogens with two attached hydrogens (primary N) is 1. The molecule has 1 aliphatic heterocycles. The van der Waals surface area contributed by atoms with E-state index in [0.29, 0.717) is 24.2 Å². The van der Waals surface area contributed by atoms with Crippen LogP contribution < -0.4 is 15.8 Å². The van der Waals surface area contributed by atoms with Gasteiger partial charge in [-0.2, -0.15) is 0 Å². The van der Waals surface area contributed by atoms with E-state index in [4.69, 9.17) is 10.5 Å². The van der Waals surface area contributed by atoms with E-state index in [1.54, 1.807) is 24.3 Å². The Kier molecular flexibility index (Phi) is 7.30. The van der Waals surface area contributed by atoms with Gasteiger partial charge in [0.1, 0.15) is 5.75 Å². The summed E-state index contributed by atoms with van der Waals surface area (Å²) in [6.07, 6.45) is 1.67. The first-order valence-electron chi connectivity index (χ1n) is 11.6. The number of carbonyl (C=O) groups is 3. The van der Waals surface area contributed by atoms with Crippen LogP contribution in [0, 0.1) is 11.6 Å². The molecule has 0 radical (unpaired) electrons. The number of benzene rings is 2. The summed E-state index contributed by atoms with van der Waals surface area (Å²) >= 11 is 0. The summed E-state index contributed by atoms with van der Waals surface area (Å²) in [6, 6.07) is 9.28. The van der Waals surface area contributed by atoms with E-state index < -0.39 is 35.5 Å². The first-order chi connectivity index (χ1) is 16.8. The zero-order chi connectivity index (χ0) is 25.1. The molecule has 2 aromatic carbocycles. The summed E-state index contributed by atoms with van der Waals surface area (Å²) in [7, 11) is 1.48. The Morgan fingerprint density at radius 2 is 1.54 bits per heavy atom. The molecule has 10 heteroatoms. The van der Waals surface area contributed by atoms with E-state index in [0.717, 1.165) is 31.0 Å². The van der Waals surface area contributed by atoms with Gasteiger partial charge in [0.05, 0.1) is 7.11 Å². The standard InChI is InChI=1S/C25H28F2N4O4/c1-35-19-4-2-3-15(13-19)24(33)30-11-12-31(25(34)16-5-10-20(26)21(27)14-16)23(30)22(32)29-18-8-6-17(28)7-9-18/h2-5,10,13-14,17-18,23H,6-9,11-12,28H2,1H3,(H,29,32). The first-order valence-corrected chi connectivity index (χ1v) is 11.6. The SMILES string of the molecule is COc1cccc(C(=O)N2CCN(C(=O)c3ccc(F)c(F)c3)C2C(=O)NC2CCC(N)CC2)c1. The maximum Gasteiger partial charge on any atom is 0.264 e. The Labute approximate surface area is 202 Å². The van der Waals surface area contributed by atoms with Crippen molar-refractivity contribution in [2.45, 2.75) is 43.9 Å². The molecule has 1 heterocycles. The molecule has 0 spiro atoms. The number of hydrogen-bond donors (Lipinski definition) is 2. The highest BCUT2D eigenvalue weighted by Crippen LogP contribution is 2.24. The highest BCUT2D eigenvalue weighted by molar-refractivity contribution is 6.02. The molecule has 0 aromatic heterocycles. The quantitative estimate of drug-likeness (QED) is 0.675. The van der Waals surface area contributed by atoms with Crippen LogP contribution in [-0.4, -0.2) is 66.0 Å². The number of methoxy groups -OCH3 is 1. The van der Waals surface area contributed by atoms with Gasteiger partial charge in [0.25, 0.3) is 17.7 Å². The lowest BCUT2D eigenvalue weighted by Gasteiger charge is -2.33. The molecule has 2 aromatic rings. The highest BCUT2D eigenvalue weighted by atomic mass is 19.2. The third-order valence-corrected chi connectivity index (χ3v) is 6.53. The topological polar surface area (TPSA) is 105 Å². The second-order valence-corrected chi connectivity index (χ2v) is 8.85. The van der Waals surface area contributed by atoms with Gasteiger partial charge in [-0.15, -0.1) is 0 Å². The first kappa shape index (κ1) is 24.6. The fourth-order valence-electron chi connectivity index (χ4n) is 4.59. The van der Waals surface area contributed by atoms with Crippen molar-refractivity contribution in [2.75, 3.05) is 20.2 Å². The molecular weight excluding hydrogens is 458 g/mol. The smallest absolute Gasteiger partial charge is 0.264 e. The Morgan fingerprint density at radius 1 is 0.914 bits per heavy atom. The van der Waals surface area contributed by atoms with Crippen LogP contribution in [0.5, 0.6) is 5.75 Å². The number of amides is 3. The number of nitrogens with one attached hydrogen (secondary N) is 1.